The zero-order chi connectivity index (χ0) is 15.1. The first-order valence-corrected chi connectivity index (χ1v) is 7.45. The molecule has 1 saturated carbocycles. The van der Waals surface area contributed by atoms with Crippen molar-refractivity contribution in [3.8, 4) is 0 Å². The van der Waals surface area contributed by atoms with Crippen LogP contribution in [0.15, 0.2) is 23.0 Å². The number of nitrogens with zero attached hydrogens (tertiary/aromatic N) is 1. The van der Waals surface area contributed by atoms with E-state index >= 15 is 0 Å². The molecule has 0 amide bonds. The van der Waals surface area contributed by atoms with Gasteiger partial charge in [-0.25, -0.2) is 9.59 Å². The maximum Gasteiger partial charge on any atom is 0.337 e. The summed E-state index contributed by atoms with van der Waals surface area (Å²) in [5.41, 5.74) is 1.12. The SMILES string of the molecule is CC1CCC(n2c(=O)[nH]c3cccc(C(=O)O)c32)CC1C. The first kappa shape index (κ1) is 13.9. The van der Waals surface area contributed by atoms with E-state index in [-0.39, 0.29) is 17.3 Å². The summed E-state index contributed by atoms with van der Waals surface area (Å²) in [6.07, 6.45) is 2.91. The highest BCUT2D eigenvalue weighted by Gasteiger charge is 2.29. The van der Waals surface area contributed by atoms with Gasteiger partial charge in [0.2, 0.25) is 0 Å². The average Bonchev–Trinajstić information content (AvgIpc) is 2.77. The van der Waals surface area contributed by atoms with Crippen molar-refractivity contribution in [1.29, 1.82) is 0 Å². The van der Waals surface area contributed by atoms with E-state index in [4.69, 9.17) is 0 Å². The van der Waals surface area contributed by atoms with Crippen LogP contribution in [0.25, 0.3) is 11.0 Å². The number of carboxylic acid groups (broad SMARTS) is 1. The molecule has 1 aromatic carbocycles. The normalized spacial score (nSPS) is 26.1. The number of benzene rings is 1. The fourth-order valence-electron chi connectivity index (χ4n) is 3.46. The summed E-state index contributed by atoms with van der Waals surface area (Å²) in [6.45, 7) is 4.44. The quantitative estimate of drug-likeness (QED) is 0.892. The van der Waals surface area contributed by atoms with Gasteiger partial charge >= 0.3 is 11.7 Å². The van der Waals surface area contributed by atoms with Crippen LogP contribution in [0.5, 0.6) is 0 Å². The number of aromatic amines is 1. The summed E-state index contributed by atoms with van der Waals surface area (Å²) in [5, 5.41) is 9.38. The van der Waals surface area contributed by atoms with Crippen LogP contribution in [0, 0.1) is 11.8 Å². The Morgan fingerprint density at radius 2 is 2.05 bits per heavy atom. The van der Waals surface area contributed by atoms with Crippen molar-refractivity contribution >= 4 is 17.0 Å². The van der Waals surface area contributed by atoms with Gasteiger partial charge in [0.15, 0.2) is 0 Å². The van der Waals surface area contributed by atoms with Crippen LogP contribution in [0.2, 0.25) is 0 Å². The highest BCUT2D eigenvalue weighted by molar-refractivity contribution is 6.01. The zero-order valence-corrected chi connectivity index (χ0v) is 12.3. The second-order valence-corrected chi connectivity index (χ2v) is 6.23. The topological polar surface area (TPSA) is 75.1 Å². The standard InChI is InChI=1S/C16H20N2O3/c1-9-6-7-11(8-10(9)2)18-14-12(15(19)20)4-3-5-13(14)17-16(18)21/h3-5,9-11H,6-8H2,1-2H3,(H,17,21)(H,19,20). The van der Waals surface area contributed by atoms with Gasteiger partial charge in [-0.15, -0.1) is 0 Å². The molecule has 1 aliphatic rings. The molecule has 3 unspecified atom stereocenters. The van der Waals surface area contributed by atoms with Gasteiger partial charge in [-0.3, -0.25) is 4.57 Å². The first-order chi connectivity index (χ1) is 9.99. The summed E-state index contributed by atoms with van der Waals surface area (Å²) in [5.74, 6) is 0.198. The van der Waals surface area contributed by atoms with Crippen molar-refractivity contribution in [3.63, 3.8) is 0 Å². The van der Waals surface area contributed by atoms with Gasteiger partial charge < -0.3 is 10.1 Å². The van der Waals surface area contributed by atoms with E-state index < -0.39 is 5.97 Å². The van der Waals surface area contributed by atoms with E-state index in [2.05, 4.69) is 18.8 Å². The van der Waals surface area contributed by atoms with Crippen molar-refractivity contribution in [2.75, 3.05) is 0 Å². The lowest BCUT2D eigenvalue weighted by Gasteiger charge is -2.32. The number of hydrogen-bond acceptors (Lipinski definition) is 2. The fourth-order valence-corrected chi connectivity index (χ4v) is 3.46. The minimum atomic E-state index is -0.995. The predicted octanol–water partition coefficient (Wildman–Crippen LogP) is 3.03. The molecule has 3 atom stereocenters. The molecule has 5 heteroatoms. The number of H-pyrrole nitrogens is 1. The lowest BCUT2D eigenvalue weighted by molar-refractivity contribution is 0.0698. The number of imidazole rings is 1. The molecule has 112 valence electrons. The minimum Gasteiger partial charge on any atom is -0.478 e. The van der Waals surface area contributed by atoms with Gasteiger partial charge in [0.1, 0.15) is 0 Å². The number of aromatic nitrogens is 2. The lowest BCUT2D eigenvalue weighted by Crippen LogP contribution is -2.29. The third-order valence-corrected chi connectivity index (χ3v) is 4.90. The van der Waals surface area contributed by atoms with Gasteiger partial charge in [-0.1, -0.05) is 19.9 Å². The largest absolute Gasteiger partial charge is 0.478 e. The Kier molecular flexibility index (Phi) is 3.35. The number of carbonyl (C=O) groups is 1. The Labute approximate surface area is 122 Å². The van der Waals surface area contributed by atoms with E-state index in [0.717, 1.165) is 19.3 Å². The summed E-state index contributed by atoms with van der Waals surface area (Å²) in [6, 6.07) is 5.06. The highest BCUT2D eigenvalue weighted by atomic mass is 16.4. The summed E-state index contributed by atoms with van der Waals surface area (Å²) in [4.78, 5) is 26.6. The number of carboxylic acids is 1. The van der Waals surface area contributed by atoms with E-state index in [0.29, 0.717) is 22.9 Å². The van der Waals surface area contributed by atoms with Gasteiger partial charge in [0, 0.05) is 6.04 Å². The molecule has 0 aliphatic heterocycles. The molecular formula is C16H20N2O3. The maximum atomic E-state index is 12.3. The van der Waals surface area contributed by atoms with Gasteiger partial charge in [-0.05, 0) is 43.2 Å². The summed E-state index contributed by atoms with van der Waals surface area (Å²) >= 11 is 0. The first-order valence-electron chi connectivity index (χ1n) is 7.45. The van der Waals surface area contributed by atoms with Gasteiger partial charge in [0.05, 0.1) is 16.6 Å². The van der Waals surface area contributed by atoms with E-state index in [1.54, 1.807) is 22.8 Å². The molecule has 1 aliphatic carbocycles. The van der Waals surface area contributed by atoms with Gasteiger partial charge in [-0.2, -0.15) is 0 Å². The fraction of sp³-hybridized carbons (Fsp3) is 0.500. The molecule has 2 N–H and O–H groups in total. The highest BCUT2D eigenvalue weighted by Crippen LogP contribution is 2.37. The molecule has 1 heterocycles. The van der Waals surface area contributed by atoms with Crippen molar-refractivity contribution in [1.82, 2.24) is 9.55 Å². The minimum absolute atomic E-state index is 0.0814. The number of fused-ring (bicyclic) bond motifs is 1. The van der Waals surface area contributed by atoms with Gasteiger partial charge in [0.25, 0.3) is 0 Å². The molecule has 0 radical (unpaired) electrons. The van der Waals surface area contributed by atoms with Crippen molar-refractivity contribution < 1.29 is 9.90 Å². The molecule has 0 bridgehead atoms. The lowest BCUT2D eigenvalue weighted by atomic mass is 9.79. The summed E-state index contributed by atoms with van der Waals surface area (Å²) in [7, 11) is 0. The van der Waals surface area contributed by atoms with Crippen molar-refractivity contribution in [3.05, 3.63) is 34.2 Å². The number of aromatic carboxylic acids is 1. The van der Waals surface area contributed by atoms with Crippen LogP contribution in [0.3, 0.4) is 0 Å². The number of rotatable bonds is 2. The Bertz CT molecular complexity index is 744. The molecule has 5 nitrogen and oxygen atoms in total. The zero-order valence-electron chi connectivity index (χ0n) is 12.3. The predicted molar refractivity (Wildman–Crippen MR) is 80.7 cm³/mol. The van der Waals surface area contributed by atoms with Crippen LogP contribution in [0.1, 0.15) is 49.5 Å². The van der Waals surface area contributed by atoms with Crippen LogP contribution < -0.4 is 5.69 Å². The average molecular weight is 288 g/mol. The molecule has 0 spiro atoms. The van der Waals surface area contributed by atoms with E-state index in [1.807, 2.05) is 0 Å². The van der Waals surface area contributed by atoms with Crippen molar-refractivity contribution in [2.45, 2.75) is 39.2 Å². The van der Waals surface area contributed by atoms with Crippen LogP contribution in [0.4, 0.5) is 0 Å². The monoisotopic (exact) mass is 288 g/mol. The van der Waals surface area contributed by atoms with E-state index in [1.165, 1.54) is 0 Å². The Balaban J connectivity index is 2.16. The molecule has 21 heavy (non-hydrogen) atoms. The second-order valence-electron chi connectivity index (χ2n) is 6.23. The molecule has 2 aromatic rings. The Hall–Kier alpha value is -2.04. The number of nitrogens with one attached hydrogen (secondary N) is 1. The molecule has 0 saturated heterocycles. The number of hydrogen-bond donors (Lipinski definition) is 2. The van der Waals surface area contributed by atoms with Crippen LogP contribution in [-0.4, -0.2) is 20.6 Å². The molecule has 1 aromatic heterocycles. The Morgan fingerprint density at radius 1 is 1.29 bits per heavy atom. The number of para-hydroxylation sites is 1. The third-order valence-electron chi connectivity index (χ3n) is 4.90. The second kappa shape index (κ2) is 5.06. The third kappa shape index (κ3) is 2.26. The van der Waals surface area contributed by atoms with E-state index in [9.17, 15) is 14.7 Å². The molecular weight excluding hydrogens is 268 g/mol. The van der Waals surface area contributed by atoms with Crippen LogP contribution in [-0.2, 0) is 0 Å². The Morgan fingerprint density at radius 3 is 2.71 bits per heavy atom. The smallest absolute Gasteiger partial charge is 0.337 e. The summed E-state index contributed by atoms with van der Waals surface area (Å²) < 4.78 is 1.67. The molecule has 3 rings (SSSR count). The maximum absolute atomic E-state index is 12.3. The molecule has 1 fully saturated rings. The van der Waals surface area contributed by atoms with Crippen LogP contribution >= 0.6 is 0 Å². The van der Waals surface area contributed by atoms with Crippen molar-refractivity contribution in [2.24, 2.45) is 11.8 Å².